The van der Waals surface area contributed by atoms with Crippen molar-refractivity contribution in [3.8, 4) is 0 Å². The zero-order valence-corrected chi connectivity index (χ0v) is 17.1. The standard InChI is InChI=1S/C21H32N2O5/c1-4-5-7-12-19(25)22(16-23(27)17-24)15-21(2,3)13-20(26)28-14-18-10-8-6-9-11-18/h6,8-11,17,27H,4-5,7,12-16H2,1-3H3. The maximum absolute atomic E-state index is 12.5. The van der Waals surface area contributed by atoms with Crippen LogP contribution in [0.5, 0.6) is 0 Å². The monoisotopic (exact) mass is 392 g/mol. The molecule has 7 nitrogen and oxygen atoms in total. The highest BCUT2D eigenvalue weighted by Crippen LogP contribution is 2.24. The zero-order chi connectivity index (χ0) is 21.0. The lowest BCUT2D eigenvalue weighted by atomic mass is 9.88. The van der Waals surface area contributed by atoms with Crippen molar-refractivity contribution in [2.45, 2.75) is 59.5 Å². The van der Waals surface area contributed by atoms with Crippen molar-refractivity contribution >= 4 is 18.3 Å². The Labute approximate surface area is 167 Å². The minimum absolute atomic E-state index is 0.116. The minimum Gasteiger partial charge on any atom is -0.461 e. The average molecular weight is 392 g/mol. The number of esters is 1. The fourth-order valence-corrected chi connectivity index (χ4v) is 2.86. The Morgan fingerprint density at radius 1 is 1.18 bits per heavy atom. The van der Waals surface area contributed by atoms with Crippen molar-refractivity contribution in [3.05, 3.63) is 35.9 Å². The van der Waals surface area contributed by atoms with Gasteiger partial charge in [-0.2, -0.15) is 0 Å². The molecular weight excluding hydrogens is 360 g/mol. The molecule has 0 bridgehead atoms. The third kappa shape index (κ3) is 9.50. The summed E-state index contributed by atoms with van der Waals surface area (Å²) in [5.74, 6) is -0.511. The van der Waals surface area contributed by atoms with E-state index in [0.717, 1.165) is 24.8 Å². The molecule has 0 atom stereocenters. The van der Waals surface area contributed by atoms with Crippen LogP contribution in [0.2, 0.25) is 0 Å². The summed E-state index contributed by atoms with van der Waals surface area (Å²) in [5, 5.41) is 9.95. The Morgan fingerprint density at radius 3 is 2.46 bits per heavy atom. The lowest BCUT2D eigenvalue weighted by Crippen LogP contribution is -2.45. The van der Waals surface area contributed by atoms with Crippen molar-refractivity contribution in [2.24, 2.45) is 5.41 Å². The van der Waals surface area contributed by atoms with Crippen LogP contribution >= 0.6 is 0 Å². The number of hydrogen-bond donors (Lipinski definition) is 1. The van der Waals surface area contributed by atoms with Crippen LogP contribution in [0.25, 0.3) is 0 Å². The molecule has 0 aliphatic rings. The van der Waals surface area contributed by atoms with Crippen molar-refractivity contribution in [1.82, 2.24) is 9.96 Å². The fourth-order valence-electron chi connectivity index (χ4n) is 2.86. The normalized spacial score (nSPS) is 11.0. The number of carbonyl (C=O) groups is 3. The summed E-state index contributed by atoms with van der Waals surface area (Å²) in [7, 11) is 0. The SMILES string of the molecule is CCCCCC(=O)N(CN(O)C=O)CC(C)(C)CC(=O)OCc1ccccc1. The van der Waals surface area contributed by atoms with Crippen LogP contribution in [-0.4, -0.2) is 46.7 Å². The number of rotatable bonds is 13. The number of unbranched alkanes of at least 4 members (excludes halogenated alkanes) is 2. The summed E-state index contributed by atoms with van der Waals surface area (Å²) < 4.78 is 5.33. The van der Waals surface area contributed by atoms with Gasteiger partial charge in [-0.25, -0.2) is 5.06 Å². The lowest BCUT2D eigenvalue weighted by molar-refractivity contribution is -0.166. The van der Waals surface area contributed by atoms with Crippen LogP contribution in [0.3, 0.4) is 0 Å². The van der Waals surface area contributed by atoms with E-state index in [0.29, 0.717) is 11.5 Å². The first-order chi connectivity index (χ1) is 13.3. The predicted octanol–water partition coefficient (Wildman–Crippen LogP) is 3.36. The number of hydroxylamine groups is 2. The number of ether oxygens (including phenoxy) is 1. The van der Waals surface area contributed by atoms with E-state index in [1.165, 1.54) is 4.90 Å². The van der Waals surface area contributed by atoms with Gasteiger partial charge in [0, 0.05) is 13.0 Å². The quantitative estimate of drug-likeness (QED) is 0.139. The highest BCUT2D eigenvalue weighted by Gasteiger charge is 2.29. The van der Waals surface area contributed by atoms with Crippen molar-refractivity contribution in [1.29, 1.82) is 0 Å². The van der Waals surface area contributed by atoms with E-state index in [9.17, 15) is 19.6 Å². The highest BCUT2D eigenvalue weighted by molar-refractivity contribution is 5.76. The van der Waals surface area contributed by atoms with Crippen LogP contribution in [0, 0.1) is 5.41 Å². The summed E-state index contributed by atoms with van der Waals surface area (Å²) in [5.41, 5.74) is 0.334. The van der Waals surface area contributed by atoms with Crippen molar-refractivity contribution in [3.63, 3.8) is 0 Å². The minimum atomic E-state index is -0.572. The summed E-state index contributed by atoms with van der Waals surface area (Å²) in [6.45, 7) is 5.96. The zero-order valence-electron chi connectivity index (χ0n) is 17.1. The van der Waals surface area contributed by atoms with Gasteiger partial charge in [-0.15, -0.1) is 0 Å². The molecule has 0 spiro atoms. The molecule has 1 N–H and O–H groups in total. The molecule has 0 saturated carbocycles. The van der Waals surface area contributed by atoms with E-state index in [2.05, 4.69) is 0 Å². The molecule has 0 aliphatic heterocycles. The van der Waals surface area contributed by atoms with E-state index in [4.69, 9.17) is 4.74 Å². The topological polar surface area (TPSA) is 87.2 Å². The molecule has 1 aromatic carbocycles. The molecule has 156 valence electrons. The smallest absolute Gasteiger partial charge is 0.306 e. The Bertz CT molecular complexity index is 618. The van der Waals surface area contributed by atoms with E-state index in [1.54, 1.807) is 0 Å². The molecule has 0 fully saturated rings. The second-order valence-corrected chi connectivity index (χ2v) is 7.72. The molecule has 2 amide bonds. The molecule has 0 aromatic heterocycles. The van der Waals surface area contributed by atoms with Gasteiger partial charge in [0.25, 0.3) is 0 Å². The largest absolute Gasteiger partial charge is 0.461 e. The predicted molar refractivity (Wildman–Crippen MR) is 105 cm³/mol. The van der Waals surface area contributed by atoms with Gasteiger partial charge in [0.15, 0.2) is 0 Å². The number of carbonyl (C=O) groups excluding carboxylic acids is 3. The van der Waals surface area contributed by atoms with Crippen LogP contribution in [0.4, 0.5) is 0 Å². The molecule has 0 aliphatic carbocycles. The molecule has 7 heteroatoms. The first-order valence-electron chi connectivity index (χ1n) is 9.65. The summed E-state index contributed by atoms with van der Waals surface area (Å²) in [6, 6.07) is 9.41. The van der Waals surface area contributed by atoms with Gasteiger partial charge in [-0.1, -0.05) is 63.9 Å². The Balaban J connectivity index is 2.63. The third-order valence-electron chi connectivity index (χ3n) is 4.27. The maximum Gasteiger partial charge on any atom is 0.306 e. The van der Waals surface area contributed by atoms with Crippen molar-refractivity contribution < 1.29 is 24.3 Å². The van der Waals surface area contributed by atoms with Crippen LogP contribution < -0.4 is 0 Å². The molecule has 0 unspecified atom stereocenters. The van der Waals surface area contributed by atoms with Gasteiger partial charge < -0.3 is 9.64 Å². The van der Waals surface area contributed by atoms with E-state index >= 15 is 0 Å². The Hall–Kier alpha value is -2.41. The van der Waals surface area contributed by atoms with Crippen molar-refractivity contribution in [2.75, 3.05) is 13.2 Å². The number of nitrogens with zero attached hydrogens (tertiary/aromatic N) is 2. The van der Waals surface area contributed by atoms with Gasteiger partial charge in [0.1, 0.15) is 13.3 Å². The van der Waals surface area contributed by atoms with Gasteiger partial charge in [0.05, 0.1) is 6.42 Å². The van der Waals surface area contributed by atoms with E-state index in [-0.39, 0.29) is 44.5 Å². The number of hydrogen-bond acceptors (Lipinski definition) is 5. The summed E-state index contributed by atoms with van der Waals surface area (Å²) >= 11 is 0. The van der Waals surface area contributed by atoms with Crippen LogP contribution in [-0.2, 0) is 25.7 Å². The Kier molecular flexibility index (Phi) is 10.2. The Morgan fingerprint density at radius 2 is 1.86 bits per heavy atom. The van der Waals surface area contributed by atoms with Crippen LogP contribution in [0.15, 0.2) is 30.3 Å². The first-order valence-corrected chi connectivity index (χ1v) is 9.65. The van der Waals surface area contributed by atoms with Gasteiger partial charge in [-0.3, -0.25) is 19.6 Å². The second kappa shape index (κ2) is 12.1. The van der Waals surface area contributed by atoms with E-state index < -0.39 is 5.41 Å². The highest BCUT2D eigenvalue weighted by atomic mass is 16.5. The maximum atomic E-state index is 12.5. The van der Waals surface area contributed by atoms with E-state index in [1.807, 2.05) is 51.1 Å². The molecular formula is C21H32N2O5. The number of amides is 2. The summed E-state index contributed by atoms with van der Waals surface area (Å²) in [4.78, 5) is 36.9. The fraction of sp³-hybridized carbons (Fsp3) is 0.571. The van der Waals surface area contributed by atoms with Crippen LogP contribution in [0.1, 0.15) is 58.4 Å². The van der Waals surface area contributed by atoms with Gasteiger partial charge in [-0.05, 0) is 17.4 Å². The number of benzene rings is 1. The molecule has 0 heterocycles. The average Bonchev–Trinajstić information content (AvgIpc) is 2.66. The second-order valence-electron chi connectivity index (χ2n) is 7.72. The van der Waals surface area contributed by atoms with Gasteiger partial charge >= 0.3 is 5.97 Å². The molecule has 1 rings (SSSR count). The molecule has 0 radical (unpaired) electrons. The van der Waals surface area contributed by atoms with Gasteiger partial charge in [0.2, 0.25) is 12.3 Å². The first kappa shape index (κ1) is 23.6. The molecule has 0 saturated heterocycles. The third-order valence-corrected chi connectivity index (χ3v) is 4.27. The lowest BCUT2D eigenvalue weighted by Gasteiger charge is -2.33. The molecule has 1 aromatic rings. The summed E-state index contributed by atoms with van der Waals surface area (Å²) in [6.07, 6.45) is 3.39. The molecule has 28 heavy (non-hydrogen) atoms.